The van der Waals surface area contributed by atoms with Gasteiger partial charge in [0.15, 0.2) is 0 Å². The van der Waals surface area contributed by atoms with Crippen molar-refractivity contribution in [3.05, 3.63) is 46.4 Å². The van der Waals surface area contributed by atoms with Gasteiger partial charge in [-0.25, -0.2) is 0 Å². The highest BCUT2D eigenvalue weighted by Gasteiger charge is 2.39. The van der Waals surface area contributed by atoms with Crippen LogP contribution in [0.4, 0.5) is 13.2 Å². The summed E-state index contributed by atoms with van der Waals surface area (Å²) >= 11 is 3.41. The molecule has 104 valence electrons. The zero-order chi connectivity index (χ0) is 14.7. The van der Waals surface area contributed by atoms with Crippen LogP contribution >= 0.6 is 15.9 Å². The molecule has 2 aromatic carbocycles. The monoisotopic (exact) mass is 356 g/mol. The Bertz CT molecular complexity index is 705. The van der Waals surface area contributed by atoms with Crippen LogP contribution < -0.4 is 10.4 Å². The molecule has 0 aromatic heterocycles. The minimum absolute atomic E-state index is 0.575. The molecule has 0 spiro atoms. The Morgan fingerprint density at radius 1 is 0.900 bits per heavy atom. The van der Waals surface area contributed by atoms with Crippen molar-refractivity contribution in [3.63, 3.8) is 0 Å². The van der Waals surface area contributed by atoms with Crippen LogP contribution in [0.15, 0.2) is 40.9 Å². The molecule has 0 atom stereocenters. The Hall–Kier alpha value is -1.07. The van der Waals surface area contributed by atoms with E-state index in [2.05, 4.69) is 29.0 Å². The van der Waals surface area contributed by atoms with Crippen molar-refractivity contribution in [2.75, 3.05) is 0 Å². The van der Waals surface area contributed by atoms with Gasteiger partial charge in [-0.1, -0.05) is 47.2 Å². The van der Waals surface area contributed by atoms with Crippen LogP contribution in [0.5, 0.6) is 0 Å². The van der Waals surface area contributed by atoms with E-state index in [-0.39, 0.29) is 0 Å². The molecule has 20 heavy (non-hydrogen) atoms. The van der Waals surface area contributed by atoms with Crippen LogP contribution in [0.2, 0.25) is 13.1 Å². The molecule has 1 aliphatic heterocycles. The summed E-state index contributed by atoms with van der Waals surface area (Å²) in [5.41, 5.74) is 1.11. The van der Waals surface area contributed by atoms with Gasteiger partial charge < -0.3 is 0 Å². The molecule has 0 radical (unpaired) electrons. The lowest BCUT2D eigenvalue weighted by Gasteiger charge is -2.19. The van der Waals surface area contributed by atoms with Gasteiger partial charge in [0.1, 0.15) is 8.07 Å². The molecule has 0 bridgehead atoms. The van der Waals surface area contributed by atoms with Crippen molar-refractivity contribution in [1.29, 1.82) is 0 Å². The molecule has 5 heteroatoms. The smallest absolute Gasteiger partial charge is 0.166 e. The largest absolute Gasteiger partial charge is 0.416 e. The predicted molar refractivity (Wildman–Crippen MR) is 81.3 cm³/mol. The van der Waals surface area contributed by atoms with Gasteiger partial charge in [0.25, 0.3) is 0 Å². The first-order valence-electron chi connectivity index (χ1n) is 6.23. The van der Waals surface area contributed by atoms with Crippen molar-refractivity contribution < 1.29 is 13.2 Å². The zero-order valence-electron chi connectivity index (χ0n) is 11.0. The lowest BCUT2D eigenvalue weighted by atomic mass is 10.0. The van der Waals surface area contributed by atoms with Crippen LogP contribution in [-0.2, 0) is 6.18 Å². The van der Waals surface area contributed by atoms with Crippen molar-refractivity contribution >= 4 is 34.4 Å². The second-order valence-corrected chi connectivity index (χ2v) is 10.8. The summed E-state index contributed by atoms with van der Waals surface area (Å²) in [6.07, 6.45) is -4.30. The van der Waals surface area contributed by atoms with Gasteiger partial charge in [-0.3, -0.25) is 0 Å². The van der Waals surface area contributed by atoms with Gasteiger partial charge in [0, 0.05) is 4.47 Å². The van der Waals surface area contributed by atoms with E-state index in [0.717, 1.165) is 20.8 Å². The molecule has 0 nitrogen and oxygen atoms in total. The van der Waals surface area contributed by atoms with E-state index in [4.69, 9.17) is 0 Å². The van der Waals surface area contributed by atoms with Gasteiger partial charge in [-0.15, -0.1) is 0 Å². The topological polar surface area (TPSA) is 0 Å². The first-order valence-corrected chi connectivity index (χ1v) is 10.0. The Balaban J connectivity index is 2.30. The SMILES string of the molecule is C[Si]1(C)c2ccc(Br)cc2-c2cc(C(F)(F)F)ccc21. The molecule has 1 heterocycles. The second kappa shape index (κ2) is 4.21. The second-order valence-electron chi connectivity index (χ2n) is 5.57. The first kappa shape index (κ1) is 13.9. The summed E-state index contributed by atoms with van der Waals surface area (Å²) in [6, 6.07) is 10.1. The average molecular weight is 357 g/mol. The van der Waals surface area contributed by atoms with Crippen LogP contribution in [0.25, 0.3) is 11.1 Å². The Labute approximate surface area is 124 Å². The van der Waals surface area contributed by atoms with Crippen LogP contribution in [0, 0.1) is 0 Å². The van der Waals surface area contributed by atoms with Crippen LogP contribution in [0.3, 0.4) is 0 Å². The summed E-state index contributed by atoms with van der Waals surface area (Å²) in [5.74, 6) is 0. The highest BCUT2D eigenvalue weighted by molar-refractivity contribution is 9.10. The van der Waals surface area contributed by atoms with E-state index in [9.17, 15) is 13.2 Å². The lowest BCUT2D eigenvalue weighted by molar-refractivity contribution is -0.137. The molecule has 0 saturated carbocycles. The predicted octanol–water partition coefficient (Wildman–Crippen LogP) is 4.27. The zero-order valence-corrected chi connectivity index (χ0v) is 13.6. The molecule has 0 fully saturated rings. The number of alkyl halides is 3. The van der Waals surface area contributed by atoms with Gasteiger partial charge in [0.2, 0.25) is 0 Å². The molecule has 2 aromatic rings. The molecule has 0 amide bonds. The Kier molecular flexibility index (Phi) is 2.92. The van der Waals surface area contributed by atoms with Gasteiger partial charge >= 0.3 is 6.18 Å². The van der Waals surface area contributed by atoms with E-state index >= 15 is 0 Å². The van der Waals surface area contributed by atoms with Crippen molar-refractivity contribution in [2.24, 2.45) is 0 Å². The van der Waals surface area contributed by atoms with Crippen molar-refractivity contribution in [2.45, 2.75) is 19.3 Å². The molecule has 0 unspecified atom stereocenters. The van der Waals surface area contributed by atoms with E-state index in [1.54, 1.807) is 6.07 Å². The standard InChI is InChI=1S/C15H12BrF3Si/c1-20(2)13-5-3-9(15(17,18)19)7-11(13)12-8-10(16)4-6-14(12)20/h3-8H,1-2H3. The Morgan fingerprint density at radius 3 is 2.05 bits per heavy atom. The summed E-state index contributed by atoms with van der Waals surface area (Å²) in [4.78, 5) is 0. The lowest BCUT2D eigenvalue weighted by Crippen LogP contribution is -2.49. The Morgan fingerprint density at radius 2 is 1.45 bits per heavy atom. The summed E-state index contributed by atoms with van der Waals surface area (Å²) in [7, 11) is -1.87. The first-order chi connectivity index (χ1) is 9.21. The summed E-state index contributed by atoms with van der Waals surface area (Å²) < 4.78 is 39.6. The molecule has 0 saturated heterocycles. The number of hydrogen-bond acceptors (Lipinski definition) is 0. The average Bonchev–Trinajstić information content (AvgIpc) is 2.57. The number of fused-ring (bicyclic) bond motifs is 3. The van der Waals surface area contributed by atoms with Crippen molar-refractivity contribution in [1.82, 2.24) is 0 Å². The minimum Gasteiger partial charge on any atom is -0.166 e. The normalized spacial score (nSPS) is 15.9. The van der Waals surface area contributed by atoms with E-state index in [1.807, 2.05) is 18.2 Å². The van der Waals surface area contributed by atoms with Crippen molar-refractivity contribution in [3.8, 4) is 11.1 Å². The van der Waals surface area contributed by atoms with E-state index in [1.165, 1.54) is 17.3 Å². The third-order valence-corrected chi connectivity index (χ3v) is 8.02. The molecule has 1 aliphatic rings. The number of benzene rings is 2. The fourth-order valence-electron chi connectivity index (χ4n) is 2.92. The fourth-order valence-corrected chi connectivity index (χ4v) is 6.33. The molecule has 0 N–H and O–H groups in total. The number of halogens is 4. The highest BCUT2D eigenvalue weighted by atomic mass is 79.9. The van der Waals surface area contributed by atoms with Gasteiger partial charge in [-0.05, 0) is 39.7 Å². The molecule has 3 rings (SSSR count). The maximum Gasteiger partial charge on any atom is 0.416 e. The number of hydrogen-bond donors (Lipinski definition) is 0. The summed E-state index contributed by atoms with van der Waals surface area (Å²) in [5, 5.41) is 2.29. The third kappa shape index (κ3) is 1.95. The van der Waals surface area contributed by atoms with E-state index in [0.29, 0.717) is 0 Å². The molecule has 0 aliphatic carbocycles. The minimum atomic E-state index is -4.30. The van der Waals surface area contributed by atoms with Crippen LogP contribution in [0.1, 0.15) is 5.56 Å². The van der Waals surface area contributed by atoms with Gasteiger partial charge in [-0.2, -0.15) is 13.2 Å². The fraction of sp³-hybridized carbons (Fsp3) is 0.200. The maximum absolute atomic E-state index is 12.9. The van der Waals surface area contributed by atoms with Gasteiger partial charge in [0.05, 0.1) is 5.56 Å². The molecular weight excluding hydrogens is 345 g/mol. The quantitative estimate of drug-likeness (QED) is 0.618. The van der Waals surface area contributed by atoms with Crippen LogP contribution in [-0.4, -0.2) is 8.07 Å². The third-order valence-electron chi connectivity index (χ3n) is 3.97. The maximum atomic E-state index is 12.9. The number of rotatable bonds is 0. The molecular formula is C15H12BrF3Si. The highest BCUT2D eigenvalue weighted by Crippen LogP contribution is 2.35. The van der Waals surface area contributed by atoms with E-state index < -0.39 is 19.8 Å². The summed E-state index contributed by atoms with van der Waals surface area (Å²) in [6.45, 7) is 4.36.